The standard InChI is InChI=1S/C13H23N7O/c1-3-19(4-2)10(21)9-15-12-16-11(14)17-13(18-12)20-7-5-6-8-20/h3-9H2,1-2H3,(H3,14,15,16,17,18). The van der Waals surface area contributed by atoms with Crippen molar-refractivity contribution in [2.75, 3.05) is 48.7 Å². The maximum absolute atomic E-state index is 12.0. The van der Waals surface area contributed by atoms with Crippen LogP contribution in [0.25, 0.3) is 0 Å². The van der Waals surface area contributed by atoms with Gasteiger partial charge in [0.1, 0.15) is 0 Å². The zero-order chi connectivity index (χ0) is 15.2. The van der Waals surface area contributed by atoms with Crippen LogP contribution in [0.1, 0.15) is 26.7 Å². The van der Waals surface area contributed by atoms with Gasteiger partial charge in [0.2, 0.25) is 23.8 Å². The van der Waals surface area contributed by atoms with E-state index in [9.17, 15) is 4.79 Å². The molecule has 2 rings (SSSR count). The Hall–Kier alpha value is -2.12. The number of likely N-dealkylation sites (N-methyl/N-ethyl adjacent to an activating group) is 1. The van der Waals surface area contributed by atoms with E-state index >= 15 is 0 Å². The highest BCUT2D eigenvalue weighted by atomic mass is 16.2. The predicted molar refractivity (Wildman–Crippen MR) is 82.1 cm³/mol. The summed E-state index contributed by atoms with van der Waals surface area (Å²) in [5.41, 5.74) is 5.72. The van der Waals surface area contributed by atoms with Crippen LogP contribution in [0, 0.1) is 0 Å². The lowest BCUT2D eigenvalue weighted by atomic mass is 10.4. The van der Waals surface area contributed by atoms with Crippen LogP contribution in [-0.4, -0.2) is 58.5 Å². The van der Waals surface area contributed by atoms with Crippen molar-refractivity contribution in [3.63, 3.8) is 0 Å². The fraction of sp³-hybridized carbons (Fsp3) is 0.692. The number of rotatable bonds is 6. The summed E-state index contributed by atoms with van der Waals surface area (Å²) in [7, 11) is 0. The van der Waals surface area contributed by atoms with E-state index in [4.69, 9.17) is 5.73 Å². The van der Waals surface area contributed by atoms with Crippen LogP contribution < -0.4 is 16.0 Å². The molecule has 1 aliphatic heterocycles. The van der Waals surface area contributed by atoms with Crippen molar-refractivity contribution in [1.82, 2.24) is 19.9 Å². The Morgan fingerprint density at radius 3 is 2.52 bits per heavy atom. The summed E-state index contributed by atoms with van der Waals surface area (Å²) in [6.07, 6.45) is 2.27. The summed E-state index contributed by atoms with van der Waals surface area (Å²) >= 11 is 0. The van der Waals surface area contributed by atoms with Crippen molar-refractivity contribution in [1.29, 1.82) is 0 Å². The molecule has 0 bridgehead atoms. The number of nitrogens with two attached hydrogens (primary N) is 1. The number of amides is 1. The predicted octanol–water partition coefficient (Wildman–Crippen LogP) is 0.334. The Labute approximate surface area is 124 Å². The Balaban J connectivity index is 2.01. The zero-order valence-electron chi connectivity index (χ0n) is 12.7. The quantitative estimate of drug-likeness (QED) is 0.779. The van der Waals surface area contributed by atoms with E-state index in [0.717, 1.165) is 25.9 Å². The third-order valence-corrected chi connectivity index (χ3v) is 3.54. The number of hydrogen-bond donors (Lipinski definition) is 2. The van der Waals surface area contributed by atoms with E-state index in [-0.39, 0.29) is 18.4 Å². The lowest BCUT2D eigenvalue weighted by molar-refractivity contribution is -0.128. The first-order chi connectivity index (χ1) is 10.1. The highest BCUT2D eigenvalue weighted by molar-refractivity contribution is 5.80. The van der Waals surface area contributed by atoms with Crippen LogP contribution in [-0.2, 0) is 4.79 Å². The molecular formula is C13H23N7O. The minimum atomic E-state index is 0.0155. The van der Waals surface area contributed by atoms with Gasteiger partial charge in [0, 0.05) is 26.2 Å². The highest BCUT2D eigenvalue weighted by Gasteiger charge is 2.17. The van der Waals surface area contributed by atoms with Crippen LogP contribution in [0.15, 0.2) is 0 Å². The van der Waals surface area contributed by atoms with Gasteiger partial charge in [0.15, 0.2) is 0 Å². The monoisotopic (exact) mass is 293 g/mol. The van der Waals surface area contributed by atoms with Gasteiger partial charge in [0.25, 0.3) is 0 Å². The molecule has 0 unspecified atom stereocenters. The SMILES string of the molecule is CCN(CC)C(=O)CNc1nc(N)nc(N2CCCC2)n1. The maximum Gasteiger partial charge on any atom is 0.241 e. The van der Waals surface area contributed by atoms with Gasteiger partial charge in [-0.1, -0.05) is 0 Å². The number of carbonyl (C=O) groups excluding carboxylic acids is 1. The number of carbonyl (C=O) groups is 1. The number of hydrogen-bond acceptors (Lipinski definition) is 7. The first-order valence-corrected chi connectivity index (χ1v) is 7.42. The van der Waals surface area contributed by atoms with Crippen LogP contribution in [0.2, 0.25) is 0 Å². The van der Waals surface area contributed by atoms with Crippen molar-refractivity contribution in [3.05, 3.63) is 0 Å². The molecular weight excluding hydrogens is 270 g/mol. The van der Waals surface area contributed by atoms with E-state index < -0.39 is 0 Å². The molecule has 0 aromatic carbocycles. The molecule has 8 nitrogen and oxygen atoms in total. The van der Waals surface area contributed by atoms with Crippen LogP contribution >= 0.6 is 0 Å². The van der Waals surface area contributed by atoms with Gasteiger partial charge in [-0.25, -0.2) is 0 Å². The first-order valence-electron chi connectivity index (χ1n) is 7.42. The lowest BCUT2D eigenvalue weighted by Gasteiger charge is -2.19. The smallest absolute Gasteiger partial charge is 0.241 e. The average Bonchev–Trinajstić information content (AvgIpc) is 3.00. The van der Waals surface area contributed by atoms with Gasteiger partial charge in [-0.2, -0.15) is 15.0 Å². The summed E-state index contributed by atoms with van der Waals surface area (Å²) in [6.45, 7) is 7.31. The Morgan fingerprint density at radius 2 is 1.90 bits per heavy atom. The Kier molecular flexibility index (Phi) is 5.13. The van der Waals surface area contributed by atoms with Gasteiger partial charge in [0.05, 0.1) is 6.54 Å². The molecule has 0 atom stereocenters. The van der Waals surface area contributed by atoms with Crippen molar-refractivity contribution in [2.24, 2.45) is 0 Å². The summed E-state index contributed by atoms with van der Waals surface area (Å²) in [4.78, 5) is 28.3. The van der Waals surface area contributed by atoms with Crippen molar-refractivity contribution in [3.8, 4) is 0 Å². The van der Waals surface area contributed by atoms with E-state index in [1.165, 1.54) is 0 Å². The Bertz CT molecular complexity index is 483. The normalized spacial score (nSPS) is 14.3. The van der Waals surface area contributed by atoms with Crippen LogP contribution in [0.5, 0.6) is 0 Å². The number of nitrogen functional groups attached to an aromatic ring is 1. The molecule has 1 aliphatic rings. The van der Waals surface area contributed by atoms with E-state index in [1.807, 2.05) is 13.8 Å². The second-order valence-electron chi connectivity index (χ2n) is 4.93. The van der Waals surface area contributed by atoms with Crippen molar-refractivity contribution in [2.45, 2.75) is 26.7 Å². The molecule has 116 valence electrons. The molecule has 0 aliphatic carbocycles. The third-order valence-electron chi connectivity index (χ3n) is 3.54. The summed E-state index contributed by atoms with van der Waals surface area (Å²) in [6, 6.07) is 0. The molecule has 21 heavy (non-hydrogen) atoms. The largest absolute Gasteiger partial charge is 0.368 e. The highest BCUT2D eigenvalue weighted by Crippen LogP contribution is 2.17. The van der Waals surface area contributed by atoms with Gasteiger partial charge in [-0.3, -0.25) is 4.79 Å². The minimum Gasteiger partial charge on any atom is -0.368 e. The number of nitrogens with one attached hydrogen (secondary N) is 1. The number of aromatic nitrogens is 3. The fourth-order valence-electron chi connectivity index (χ4n) is 2.36. The van der Waals surface area contributed by atoms with Gasteiger partial charge in [-0.05, 0) is 26.7 Å². The lowest BCUT2D eigenvalue weighted by Crippen LogP contribution is -2.35. The van der Waals surface area contributed by atoms with Crippen molar-refractivity contribution >= 4 is 23.8 Å². The van der Waals surface area contributed by atoms with Crippen LogP contribution in [0.3, 0.4) is 0 Å². The van der Waals surface area contributed by atoms with Crippen molar-refractivity contribution < 1.29 is 4.79 Å². The van der Waals surface area contributed by atoms with Gasteiger partial charge in [-0.15, -0.1) is 0 Å². The second-order valence-corrected chi connectivity index (χ2v) is 4.93. The number of nitrogens with zero attached hydrogens (tertiary/aromatic N) is 5. The second kappa shape index (κ2) is 7.05. The van der Waals surface area contributed by atoms with E-state index in [2.05, 4.69) is 25.2 Å². The molecule has 1 amide bonds. The third kappa shape index (κ3) is 3.93. The molecule has 1 fully saturated rings. The van der Waals surface area contributed by atoms with Gasteiger partial charge >= 0.3 is 0 Å². The molecule has 0 spiro atoms. The van der Waals surface area contributed by atoms with Crippen LogP contribution in [0.4, 0.5) is 17.8 Å². The summed E-state index contributed by atoms with van der Waals surface area (Å²) in [5.74, 6) is 1.12. The molecule has 1 aromatic rings. The summed E-state index contributed by atoms with van der Waals surface area (Å²) < 4.78 is 0. The Morgan fingerprint density at radius 1 is 1.24 bits per heavy atom. The molecule has 2 heterocycles. The molecule has 1 saturated heterocycles. The summed E-state index contributed by atoms with van der Waals surface area (Å²) in [5, 5.41) is 2.94. The van der Waals surface area contributed by atoms with E-state index in [1.54, 1.807) is 4.90 Å². The molecule has 0 saturated carbocycles. The number of anilines is 3. The molecule has 3 N–H and O–H groups in total. The zero-order valence-corrected chi connectivity index (χ0v) is 12.7. The minimum absolute atomic E-state index is 0.0155. The molecule has 0 radical (unpaired) electrons. The average molecular weight is 293 g/mol. The maximum atomic E-state index is 12.0. The molecule has 8 heteroatoms. The van der Waals surface area contributed by atoms with E-state index in [0.29, 0.717) is 25.0 Å². The molecule has 1 aromatic heterocycles. The first kappa shape index (κ1) is 15.3. The topological polar surface area (TPSA) is 100 Å². The van der Waals surface area contributed by atoms with Gasteiger partial charge < -0.3 is 20.9 Å². The fourth-order valence-corrected chi connectivity index (χ4v) is 2.36.